The molecule has 0 fully saturated rings. The minimum atomic E-state index is -0.218. The maximum atomic E-state index is 14.3. The summed E-state index contributed by atoms with van der Waals surface area (Å²) in [6.45, 7) is 7.21. The Morgan fingerprint density at radius 3 is 2.66 bits per heavy atom. The topological polar surface area (TPSA) is 77.6 Å². The number of fused-ring (bicyclic) bond motifs is 2. The minimum Gasteiger partial charge on any atom is -0.360 e. The van der Waals surface area contributed by atoms with Crippen LogP contribution >= 0.6 is 11.3 Å². The van der Waals surface area contributed by atoms with Crippen LogP contribution in [-0.2, 0) is 6.54 Å². The van der Waals surface area contributed by atoms with E-state index < -0.39 is 0 Å². The summed E-state index contributed by atoms with van der Waals surface area (Å²) in [5.74, 6) is 1.18. The van der Waals surface area contributed by atoms with Crippen molar-refractivity contribution in [3.63, 3.8) is 0 Å². The maximum absolute atomic E-state index is 14.3. The lowest BCUT2D eigenvalue weighted by Gasteiger charge is -2.22. The largest absolute Gasteiger partial charge is 0.360 e. The molecule has 0 aliphatic rings. The number of anilines is 1. The van der Waals surface area contributed by atoms with Gasteiger partial charge >= 0.3 is 0 Å². The summed E-state index contributed by atoms with van der Waals surface area (Å²) in [6.07, 6.45) is 5.66. The van der Waals surface area contributed by atoms with Crippen LogP contribution in [0, 0.1) is 5.92 Å². The monoisotopic (exact) mass is 520 g/mol. The molecule has 1 N–H and O–H groups in total. The molecule has 0 spiro atoms. The molecule has 0 radical (unpaired) electrons. The second-order valence-electron chi connectivity index (χ2n) is 9.88. The van der Waals surface area contributed by atoms with Crippen LogP contribution in [0.4, 0.5) is 5.82 Å². The molecular formula is C30H28N6OS. The number of nitrogens with zero attached hydrogens (tertiary/aromatic N) is 5. The van der Waals surface area contributed by atoms with Crippen LogP contribution in [0.25, 0.3) is 37.8 Å². The summed E-state index contributed by atoms with van der Waals surface area (Å²) >= 11 is 1.58. The molecule has 0 amide bonds. The van der Waals surface area contributed by atoms with Crippen molar-refractivity contribution >= 4 is 38.1 Å². The number of hydrogen-bond donors (Lipinski definition) is 1. The van der Waals surface area contributed by atoms with Gasteiger partial charge in [-0.25, -0.2) is 9.97 Å². The van der Waals surface area contributed by atoms with Crippen molar-refractivity contribution in [3.8, 4) is 16.8 Å². The van der Waals surface area contributed by atoms with Crippen molar-refractivity contribution in [2.24, 2.45) is 5.92 Å². The molecule has 6 aromatic rings. The Morgan fingerprint density at radius 2 is 1.84 bits per heavy atom. The van der Waals surface area contributed by atoms with Gasteiger partial charge in [0.15, 0.2) is 5.82 Å². The van der Waals surface area contributed by atoms with E-state index in [-0.39, 0.29) is 11.6 Å². The predicted molar refractivity (Wildman–Crippen MR) is 155 cm³/mol. The van der Waals surface area contributed by atoms with Crippen LogP contribution in [0.5, 0.6) is 0 Å². The normalized spacial score (nSPS) is 12.4. The van der Waals surface area contributed by atoms with E-state index in [0.717, 1.165) is 44.7 Å². The van der Waals surface area contributed by atoms with Crippen molar-refractivity contribution in [1.82, 2.24) is 24.3 Å². The van der Waals surface area contributed by atoms with Gasteiger partial charge < -0.3 is 5.32 Å². The summed E-state index contributed by atoms with van der Waals surface area (Å²) in [5.41, 5.74) is 6.06. The van der Waals surface area contributed by atoms with Gasteiger partial charge in [0, 0.05) is 35.9 Å². The van der Waals surface area contributed by atoms with E-state index >= 15 is 0 Å². The first-order chi connectivity index (χ1) is 18.5. The van der Waals surface area contributed by atoms with E-state index in [1.54, 1.807) is 17.5 Å². The molecule has 190 valence electrons. The zero-order valence-corrected chi connectivity index (χ0v) is 22.3. The van der Waals surface area contributed by atoms with E-state index in [1.165, 1.54) is 0 Å². The van der Waals surface area contributed by atoms with Crippen LogP contribution in [-0.4, -0.2) is 24.3 Å². The lowest BCUT2D eigenvalue weighted by Crippen LogP contribution is -2.26. The van der Waals surface area contributed by atoms with Gasteiger partial charge in [-0.15, -0.1) is 11.3 Å². The number of thiazole rings is 1. The Morgan fingerprint density at radius 1 is 1.00 bits per heavy atom. The third kappa shape index (κ3) is 4.37. The van der Waals surface area contributed by atoms with Crippen LogP contribution in [0.3, 0.4) is 0 Å². The molecule has 0 aliphatic carbocycles. The average molecular weight is 521 g/mol. The fourth-order valence-corrected chi connectivity index (χ4v) is 5.61. The summed E-state index contributed by atoms with van der Waals surface area (Å²) < 4.78 is 4.82. The fourth-order valence-electron chi connectivity index (χ4n) is 4.94. The number of benzene rings is 2. The summed E-state index contributed by atoms with van der Waals surface area (Å²) in [4.78, 5) is 23.4. The van der Waals surface area contributed by atoms with Gasteiger partial charge in [-0.2, -0.15) is 5.10 Å². The lowest BCUT2D eigenvalue weighted by atomic mass is 9.99. The molecule has 1 atom stereocenters. The molecule has 4 heterocycles. The molecule has 0 saturated carbocycles. The van der Waals surface area contributed by atoms with Gasteiger partial charge in [0.1, 0.15) is 5.52 Å². The number of para-hydroxylation sites is 1. The Balaban J connectivity index is 1.53. The molecule has 6 rings (SSSR count). The highest BCUT2D eigenvalue weighted by Crippen LogP contribution is 2.31. The molecule has 0 bridgehead atoms. The summed E-state index contributed by atoms with van der Waals surface area (Å²) in [5, 5.41) is 9.63. The number of rotatable bonds is 7. The van der Waals surface area contributed by atoms with Crippen molar-refractivity contribution in [2.75, 3.05) is 5.32 Å². The second-order valence-corrected chi connectivity index (χ2v) is 10.8. The van der Waals surface area contributed by atoms with Crippen molar-refractivity contribution in [1.29, 1.82) is 0 Å². The standard InChI is InChI=1S/C30H28N6OS/c1-19(2)16-35-17-22(15-33-35)24-11-7-8-21-14-25(36(30(37)27(21)24)23-9-5-4-6-10-23)20(3)34-29-28-26(12-13-31-29)38-18-32-28/h4-15,17-20H,16H2,1-3H3,(H,31,34)/t20-/m0/s1. The number of aromatic nitrogens is 5. The first-order valence-electron chi connectivity index (χ1n) is 12.7. The number of hydrogen-bond acceptors (Lipinski definition) is 6. The van der Waals surface area contributed by atoms with Gasteiger partial charge in [-0.05, 0) is 48.1 Å². The van der Waals surface area contributed by atoms with E-state index in [9.17, 15) is 4.79 Å². The minimum absolute atomic E-state index is 0.0654. The third-order valence-electron chi connectivity index (χ3n) is 6.63. The third-order valence-corrected chi connectivity index (χ3v) is 7.43. The van der Waals surface area contributed by atoms with Crippen molar-refractivity contribution < 1.29 is 0 Å². The van der Waals surface area contributed by atoms with Gasteiger partial charge in [-0.3, -0.25) is 14.0 Å². The zero-order chi connectivity index (χ0) is 26.2. The quantitative estimate of drug-likeness (QED) is 0.254. The number of nitrogens with one attached hydrogen (secondary N) is 1. The molecule has 0 unspecified atom stereocenters. The van der Waals surface area contributed by atoms with Gasteiger partial charge in [0.05, 0.1) is 27.8 Å². The highest BCUT2D eigenvalue weighted by Gasteiger charge is 2.20. The smallest absolute Gasteiger partial charge is 0.263 e. The predicted octanol–water partition coefficient (Wildman–Crippen LogP) is 6.69. The van der Waals surface area contributed by atoms with E-state index in [2.05, 4.69) is 40.3 Å². The SMILES string of the molecule is CC(C)Cn1cc(-c2cccc3cc([C@H](C)Nc4nccc5scnc45)n(-c4ccccc4)c(=O)c23)cn1. The molecule has 4 aromatic heterocycles. The average Bonchev–Trinajstić information content (AvgIpc) is 3.58. The van der Waals surface area contributed by atoms with Crippen LogP contribution in [0.1, 0.15) is 32.5 Å². The molecular weight excluding hydrogens is 492 g/mol. The highest BCUT2D eigenvalue weighted by atomic mass is 32.1. The van der Waals surface area contributed by atoms with Gasteiger partial charge in [-0.1, -0.05) is 50.2 Å². The van der Waals surface area contributed by atoms with Crippen LogP contribution < -0.4 is 10.9 Å². The van der Waals surface area contributed by atoms with Crippen molar-refractivity contribution in [2.45, 2.75) is 33.4 Å². The van der Waals surface area contributed by atoms with Crippen molar-refractivity contribution in [3.05, 3.63) is 101 Å². The Labute approximate surface area is 224 Å². The first kappa shape index (κ1) is 24.1. The lowest BCUT2D eigenvalue weighted by molar-refractivity contribution is 0.483. The molecule has 8 heteroatoms. The van der Waals surface area contributed by atoms with E-state index in [0.29, 0.717) is 17.1 Å². The number of pyridine rings is 2. The first-order valence-corrected chi connectivity index (χ1v) is 13.6. The van der Waals surface area contributed by atoms with Gasteiger partial charge in [0.2, 0.25) is 0 Å². The summed E-state index contributed by atoms with van der Waals surface area (Å²) in [7, 11) is 0. The Kier molecular flexibility index (Phi) is 6.25. The molecule has 0 saturated heterocycles. The highest BCUT2D eigenvalue weighted by molar-refractivity contribution is 7.16. The molecule has 38 heavy (non-hydrogen) atoms. The maximum Gasteiger partial charge on any atom is 0.263 e. The zero-order valence-electron chi connectivity index (χ0n) is 21.5. The van der Waals surface area contributed by atoms with E-state index in [4.69, 9.17) is 0 Å². The van der Waals surface area contributed by atoms with Crippen LogP contribution in [0.15, 0.2) is 89.6 Å². The van der Waals surface area contributed by atoms with Gasteiger partial charge in [0.25, 0.3) is 5.56 Å². The Bertz CT molecular complexity index is 1800. The van der Waals surface area contributed by atoms with Crippen LogP contribution in [0.2, 0.25) is 0 Å². The molecule has 7 nitrogen and oxygen atoms in total. The fraction of sp³-hybridized carbons (Fsp3) is 0.200. The van der Waals surface area contributed by atoms with E-state index in [1.807, 2.05) is 88.7 Å². The Hall–Kier alpha value is -4.30. The molecule has 2 aromatic carbocycles. The second kappa shape index (κ2) is 9.87. The summed E-state index contributed by atoms with van der Waals surface area (Å²) in [6, 6.07) is 19.6. The molecule has 0 aliphatic heterocycles.